The van der Waals surface area contributed by atoms with Crippen molar-refractivity contribution < 1.29 is 28.5 Å². The highest BCUT2D eigenvalue weighted by atomic mass is 32.1. The zero-order valence-corrected chi connectivity index (χ0v) is 22.2. The minimum atomic E-state index is -0.903. The van der Waals surface area contributed by atoms with Crippen LogP contribution >= 0.6 is 11.3 Å². The van der Waals surface area contributed by atoms with E-state index in [1.54, 1.807) is 42.5 Å². The normalized spacial score (nSPS) is 15.0. The van der Waals surface area contributed by atoms with Crippen LogP contribution in [0.1, 0.15) is 17.0 Å². The van der Waals surface area contributed by atoms with Crippen LogP contribution in [0.3, 0.4) is 0 Å². The van der Waals surface area contributed by atoms with Crippen LogP contribution in [0, 0.1) is 11.3 Å². The highest BCUT2D eigenvalue weighted by Crippen LogP contribution is 2.40. The zero-order valence-electron chi connectivity index (χ0n) is 21.4. The third-order valence-corrected chi connectivity index (χ3v) is 7.23. The summed E-state index contributed by atoms with van der Waals surface area (Å²) in [6.45, 7) is 0. The summed E-state index contributed by atoms with van der Waals surface area (Å²) in [6, 6.07) is 12.3. The predicted octanol–water partition coefficient (Wildman–Crippen LogP) is 1.54. The Morgan fingerprint density at radius 2 is 1.58 bits per heavy atom. The number of rotatable bonds is 7. The molecular weight excluding hydrogens is 510 g/mol. The van der Waals surface area contributed by atoms with E-state index in [1.807, 2.05) is 0 Å². The van der Waals surface area contributed by atoms with Crippen LogP contribution in [-0.2, 0) is 9.53 Å². The summed E-state index contributed by atoms with van der Waals surface area (Å²) in [5.41, 5.74) is 7.28. The Hall–Kier alpha value is -4.69. The third kappa shape index (κ3) is 4.35. The van der Waals surface area contributed by atoms with Crippen LogP contribution in [-0.4, -0.2) is 46.1 Å². The number of benzene rings is 2. The number of hydrogen-bond acceptors (Lipinski definition) is 10. The number of carbonyl (C=O) groups excluding carboxylic acids is 1. The van der Waals surface area contributed by atoms with E-state index in [4.69, 9.17) is 29.4 Å². The molecule has 0 saturated heterocycles. The van der Waals surface area contributed by atoms with Crippen molar-refractivity contribution in [3.63, 3.8) is 0 Å². The molecule has 0 bridgehead atoms. The van der Waals surface area contributed by atoms with Gasteiger partial charge in [-0.3, -0.25) is 9.36 Å². The summed E-state index contributed by atoms with van der Waals surface area (Å²) in [6.07, 6.45) is 1.65. The lowest BCUT2D eigenvalue weighted by Gasteiger charge is -2.25. The second-order valence-corrected chi connectivity index (χ2v) is 9.06. The van der Waals surface area contributed by atoms with Crippen molar-refractivity contribution in [3.05, 3.63) is 72.6 Å². The van der Waals surface area contributed by atoms with Gasteiger partial charge in [-0.2, -0.15) is 5.26 Å². The SMILES string of the molecule is COC(=O)C1=c2sc(=Cc3ccc(OC)c(OC)c3)c(=O)n2C(N)=C(C#N)C1c1ccc(OC)c(OC)c1. The number of hydrogen-bond donors (Lipinski definition) is 1. The molecule has 2 heterocycles. The van der Waals surface area contributed by atoms with E-state index < -0.39 is 17.4 Å². The van der Waals surface area contributed by atoms with Crippen LogP contribution in [0.5, 0.6) is 23.0 Å². The van der Waals surface area contributed by atoms with Gasteiger partial charge in [-0.15, -0.1) is 11.3 Å². The molecule has 1 unspecified atom stereocenters. The lowest BCUT2D eigenvalue weighted by molar-refractivity contribution is -0.134. The molecule has 0 fully saturated rings. The van der Waals surface area contributed by atoms with Gasteiger partial charge in [-0.05, 0) is 41.5 Å². The maximum absolute atomic E-state index is 13.5. The predicted molar refractivity (Wildman–Crippen MR) is 142 cm³/mol. The number of thiazole rings is 1. The fourth-order valence-corrected chi connectivity index (χ4v) is 5.48. The van der Waals surface area contributed by atoms with Crippen molar-refractivity contribution in [2.75, 3.05) is 35.5 Å². The van der Waals surface area contributed by atoms with Gasteiger partial charge in [0.05, 0.1) is 63.2 Å². The van der Waals surface area contributed by atoms with E-state index in [1.165, 1.54) is 40.1 Å². The van der Waals surface area contributed by atoms with E-state index in [-0.39, 0.29) is 21.6 Å². The third-order valence-electron chi connectivity index (χ3n) is 6.12. The molecule has 196 valence electrons. The summed E-state index contributed by atoms with van der Waals surface area (Å²) >= 11 is 1.07. The van der Waals surface area contributed by atoms with Gasteiger partial charge in [0.1, 0.15) is 10.5 Å². The molecule has 10 nitrogen and oxygen atoms in total. The second-order valence-electron chi connectivity index (χ2n) is 8.03. The van der Waals surface area contributed by atoms with Crippen LogP contribution in [0.4, 0.5) is 0 Å². The molecule has 0 spiro atoms. The summed E-state index contributed by atoms with van der Waals surface area (Å²) < 4.78 is 28.2. The second kappa shape index (κ2) is 10.7. The van der Waals surface area contributed by atoms with Crippen molar-refractivity contribution >= 4 is 34.8 Å². The fourth-order valence-electron chi connectivity index (χ4n) is 4.31. The number of methoxy groups -OCH3 is 5. The molecule has 4 rings (SSSR count). The largest absolute Gasteiger partial charge is 0.493 e. The van der Waals surface area contributed by atoms with E-state index in [0.29, 0.717) is 38.7 Å². The lowest BCUT2D eigenvalue weighted by Crippen LogP contribution is -2.40. The monoisotopic (exact) mass is 535 g/mol. The quantitative estimate of drug-likeness (QED) is 0.447. The molecular formula is C27H25N3O7S. The van der Waals surface area contributed by atoms with Crippen LogP contribution < -0.4 is 39.4 Å². The smallest absolute Gasteiger partial charge is 0.337 e. The Labute approximate surface area is 222 Å². The minimum Gasteiger partial charge on any atom is -0.493 e. The van der Waals surface area contributed by atoms with Crippen molar-refractivity contribution in [2.24, 2.45) is 5.73 Å². The number of ether oxygens (including phenoxy) is 5. The molecule has 0 saturated carbocycles. The number of fused-ring (bicyclic) bond motifs is 1. The van der Waals surface area contributed by atoms with E-state index in [9.17, 15) is 14.9 Å². The number of carbonyl (C=O) groups is 1. The van der Waals surface area contributed by atoms with Gasteiger partial charge in [-0.1, -0.05) is 12.1 Å². The number of aromatic nitrogens is 1. The van der Waals surface area contributed by atoms with Gasteiger partial charge in [0.2, 0.25) is 0 Å². The van der Waals surface area contributed by atoms with Crippen LogP contribution in [0.2, 0.25) is 0 Å². The molecule has 1 aliphatic heterocycles. The Bertz CT molecular complexity index is 1680. The molecule has 2 N–H and O–H groups in total. The van der Waals surface area contributed by atoms with E-state index in [2.05, 4.69) is 6.07 Å². The van der Waals surface area contributed by atoms with Crippen LogP contribution in [0.25, 0.3) is 17.5 Å². The van der Waals surface area contributed by atoms with Gasteiger partial charge in [0, 0.05) is 0 Å². The van der Waals surface area contributed by atoms with E-state index >= 15 is 0 Å². The number of esters is 1. The van der Waals surface area contributed by atoms with Gasteiger partial charge in [-0.25, -0.2) is 4.79 Å². The molecule has 0 aliphatic carbocycles. The maximum atomic E-state index is 13.5. The summed E-state index contributed by atoms with van der Waals surface area (Å²) in [7, 11) is 7.27. The number of nitrogens with zero attached hydrogens (tertiary/aromatic N) is 2. The number of nitriles is 1. The van der Waals surface area contributed by atoms with Crippen LogP contribution in [0.15, 0.2) is 46.8 Å². The molecule has 1 atom stereocenters. The van der Waals surface area contributed by atoms with Gasteiger partial charge < -0.3 is 29.4 Å². The molecule has 2 aromatic carbocycles. The molecule has 1 aliphatic rings. The molecule has 0 radical (unpaired) electrons. The van der Waals surface area contributed by atoms with E-state index in [0.717, 1.165) is 11.3 Å². The first-order valence-electron chi connectivity index (χ1n) is 11.2. The Balaban J connectivity index is 2.05. The first-order valence-corrected chi connectivity index (χ1v) is 12.0. The number of nitrogens with two attached hydrogens (primary N) is 1. The van der Waals surface area contributed by atoms with Crippen molar-refractivity contribution in [1.29, 1.82) is 5.26 Å². The number of allylic oxidation sites excluding steroid dienone is 1. The topological polar surface area (TPSA) is 135 Å². The summed E-state index contributed by atoms with van der Waals surface area (Å²) in [4.78, 5) is 26.7. The highest BCUT2D eigenvalue weighted by molar-refractivity contribution is 7.07. The van der Waals surface area contributed by atoms with Gasteiger partial charge in [0.15, 0.2) is 23.0 Å². The summed E-state index contributed by atoms with van der Waals surface area (Å²) in [5.74, 6) is 0.240. The van der Waals surface area contributed by atoms with Crippen molar-refractivity contribution in [3.8, 4) is 29.1 Å². The molecule has 1 aromatic heterocycles. The minimum absolute atomic E-state index is 0.0303. The highest BCUT2D eigenvalue weighted by Gasteiger charge is 2.36. The van der Waals surface area contributed by atoms with Crippen molar-refractivity contribution in [2.45, 2.75) is 5.92 Å². The molecule has 11 heteroatoms. The fraction of sp³-hybridized carbons (Fsp3) is 0.222. The zero-order chi connectivity index (χ0) is 27.6. The van der Waals surface area contributed by atoms with Gasteiger partial charge in [0.25, 0.3) is 5.56 Å². The Morgan fingerprint density at radius 1 is 0.974 bits per heavy atom. The molecule has 3 aromatic rings. The average Bonchev–Trinajstić information content (AvgIpc) is 3.27. The first-order chi connectivity index (χ1) is 18.3. The lowest BCUT2D eigenvalue weighted by atomic mass is 9.83. The van der Waals surface area contributed by atoms with Gasteiger partial charge >= 0.3 is 5.97 Å². The van der Waals surface area contributed by atoms with Crippen molar-refractivity contribution in [1.82, 2.24) is 4.57 Å². The Morgan fingerprint density at radius 3 is 2.16 bits per heavy atom. The standard InChI is InChI=1S/C27H25N3O7S/c1-33-17-8-6-14(10-19(17)35-3)11-21-25(31)30-24(29)16(13-28)22(23(26(30)38-21)27(32)37-5)15-7-9-18(34-2)20(12-15)36-4/h6-12,22H,29H2,1-5H3. The average molecular weight is 536 g/mol. The molecule has 0 amide bonds. The maximum Gasteiger partial charge on any atom is 0.337 e. The molecule has 38 heavy (non-hydrogen) atoms. The Kier molecular flexibility index (Phi) is 7.45. The first kappa shape index (κ1) is 26.4. The summed E-state index contributed by atoms with van der Waals surface area (Å²) in [5, 5.41) is 10.1.